The molecule has 1 aliphatic carbocycles. The highest BCUT2D eigenvalue weighted by atomic mass is 19.4. The van der Waals surface area contributed by atoms with E-state index in [1.165, 1.54) is 0 Å². The fraction of sp³-hybridized carbons (Fsp3) is 0.429. The fourth-order valence-electron chi connectivity index (χ4n) is 2.35. The number of allylic oxidation sites excluding steroid dienone is 1. The molecule has 110 valence electrons. The first-order chi connectivity index (χ1) is 9.31. The van der Waals surface area contributed by atoms with E-state index in [0.29, 0.717) is 12.0 Å². The van der Waals surface area contributed by atoms with Gasteiger partial charge in [0.2, 0.25) is 5.75 Å². The second-order valence-electron chi connectivity index (χ2n) is 4.67. The van der Waals surface area contributed by atoms with Crippen LogP contribution in [0.5, 0.6) is 5.75 Å². The minimum absolute atomic E-state index is 0.0745. The van der Waals surface area contributed by atoms with Gasteiger partial charge in [0, 0.05) is 0 Å². The Morgan fingerprint density at radius 1 is 1.20 bits per heavy atom. The van der Waals surface area contributed by atoms with Gasteiger partial charge in [-0.1, -0.05) is 25.0 Å². The summed E-state index contributed by atoms with van der Waals surface area (Å²) in [6.07, 6.45) is -0.944. The summed E-state index contributed by atoms with van der Waals surface area (Å²) in [5.41, 5.74) is 1.41. The van der Waals surface area contributed by atoms with E-state index in [4.69, 9.17) is 0 Å². The Bertz CT molecular complexity index is 545. The SMILES string of the molecule is CCCC1=Cc2cc(F)c(OC(F)(F)F)c(F)c2CC1. The summed E-state index contributed by atoms with van der Waals surface area (Å²) in [7, 11) is 0. The van der Waals surface area contributed by atoms with Gasteiger partial charge in [-0.3, -0.25) is 0 Å². The second kappa shape index (κ2) is 5.42. The van der Waals surface area contributed by atoms with Crippen molar-refractivity contribution in [2.45, 2.75) is 39.0 Å². The molecule has 0 N–H and O–H groups in total. The first-order valence-electron chi connectivity index (χ1n) is 6.28. The van der Waals surface area contributed by atoms with Crippen LogP contribution >= 0.6 is 0 Å². The lowest BCUT2D eigenvalue weighted by Gasteiger charge is -2.19. The van der Waals surface area contributed by atoms with Crippen LogP contribution in [0.25, 0.3) is 6.08 Å². The molecule has 1 nitrogen and oxygen atoms in total. The molecule has 0 aromatic heterocycles. The summed E-state index contributed by atoms with van der Waals surface area (Å²) < 4.78 is 67.4. The van der Waals surface area contributed by atoms with Gasteiger partial charge in [0.1, 0.15) is 0 Å². The smallest absolute Gasteiger partial charge is 0.399 e. The molecule has 0 unspecified atom stereocenters. The first-order valence-corrected chi connectivity index (χ1v) is 6.28. The molecule has 0 aliphatic heterocycles. The Morgan fingerprint density at radius 2 is 1.90 bits per heavy atom. The van der Waals surface area contributed by atoms with Crippen LogP contribution in [0.2, 0.25) is 0 Å². The lowest BCUT2D eigenvalue weighted by molar-refractivity contribution is -0.276. The van der Waals surface area contributed by atoms with Crippen molar-refractivity contribution < 1.29 is 26.7 Å². The van der Waals surface area contributed by atoms with E-state index in [2.05, 4.69) is 4.74 Å². The van der Waals surface area contributed by atoms with Crippen LogP contribution < -0.4 is 4.74 Å². The zero-order valence-electron chi connectivity index (χ0n) is 10.8. The molecule has 0 fully saturated rings. The molecular formula is C14H13F5O. The number of fused-ring (bicyclic) bond motifs is 1. The van der Waals surface area contributed by atoms with Gasteiger partial charge >= 0.3 is 6.36 Å². The number of hydrogen-bond donors (Lipinski definition) is 0. The highest BCUT2D eigenvalue weighted by Crippen LogP contribution is 2.36. The quantitative estimate of drug-likeness (QED) is 0.713. The largest absolute Gasteiger partial charge is 0.573 e. The van der Waals surface area contributed by atoms with Crippen molar-refractivity contribution in [2.24, 2.45) is 0 Å². The van der Waals surface area contributed by atoms with Gasteiger partial charge in [-0.15, -0.1) is 13.2 Å². The standard InChI is InChI=1S/C14H13F5O/c1-2-3-8-4-5-10-9(6-8)7-11(15)13(12(10)16)20-14(17,18)19/h6-7H,2-5H2,1H3. The predicted octanol–water partition coefficient (Wildman–Crippen LogP) is 4.99. The Balaban J connectivity index is 2.43. The fourth-order valence-corrected chi connectivity index (χ4v) is 2.35. The molecule has 0 saturated heterocycles. The van der Waals surface area contributed by atoms with E-state index in [0.717, 1.165) is 24.5 Å². The number of halogens is 5. The average Bonchev–Trinajstić information content (AvgIpc) is 2.33. The molecule has 0 amide bonds. The number of rotatable bonds is 3. The molecule has 6 heteroatoms. The maximum Gasteiger partial charge on any atom is 0.573 e. The summed E-state index contributed by atoms with van der Waals surface area (Å²) in [6, 6.07) is 0.897. The molecule has 20 heavy (non-hydrogen) atoms. The third-order valence-electron chi connectivity index (χ3n) is 3.16. The number of hydrogen-bond acceptors (Lipinski definition) is 1. The normalized spacial score (nSPS) is 14.8. The predicted molar refractivity (Wildman–Crippen MR) is 64.2 cm³/mol. The molecule has 0 saturated carbocycles. The molecule has 1 aliphatic rings. The minimum atomic E-state index is -5.12. The first kappa shape index (κ1) is 14.8. The minimum Gasteiger partial charge on any atom is -0.399 e. The zero-order chi connectivity index (χ0) is 14.9. The van der Waals surface area contributed by atoms with Gasteiger partial charge in [0.25, 0.3) is 0 Å². The highest BCUT2D eigenvalue weighted by molar-refractivity contribution is 5.61. The van der Waals surface area contributed by atoms with Gasteiger partial charge in [0.05, 0.1) is 0 Å². The van der Waals surface area contributed by atoms with E-state index < -0.39 is 23.7 Å². The van der Waals surface area contributed by atoms with Crippen LogP contribution in [0.1, 0.15) is 37.3 Å². The number of alkyl halides is 3. The van der Waals surface area contributed by atoms with Gasteiger partial charge in [-0.25, -0.2) is 8.78 Å². The summed E-state index contributed by atoms with van der Waals surface area (Å²) in [5, 5.41) is 0. The van der Waals surface area contributed by atoms with Gasteiger partial charge in [-0.2, -0.15) is 0 Å². The van der Waals surface area contributed by atoms with Crippen molar-refractivity contribution in [3.05, 3.63) is 34.4 Å². The van der Waals surface area contributed by atoms with Crippen LogP contribution in [-0.4, -0.2) is 6.36 Å². The van der Waals surface area contributed by atoms with Crippen LogP contribution in [0.15, 0.2) is 11.6 Å². The lowest BCUT2D eigenvalue weighted by Crippen LogP contribution is -2.20. The van der Waals surface area contributed by atoms with Crippen molar-refractivity contribution in [1.82, 2.24) is 0 Å². The molecule has 0 bridgehead atoms. The van der Waals surface area contributed by atoms with E-state index in [-0.39, 0.29) is 12.0 Å². The number of ether oxygens (including phenoxy) is 1. The average molecular weight is 292 g/mol. The van der Waals surface area contributed by atoms with Gasteiger partial charge in [0.15, 0.2) is 11.6 Å². The maximum atomic E-state index is 14.0. The third kappa shape index (κ3) is 3.11. The topological polar surface area (TPSA) is 9.23 Å². The monoisotopic (exact) mass is 292 g/mol. The third-order valence-corrected chi connectivity index (χ3v) is 3.16. The molecule has 0 spiro atoms. The number of benzene rings is 1. The van der Waals surface area contributed by atoms with Crippen molar-refractivity contribution in [1.29, 1.82) is 0 Å². The van der Waals surface area contributed by atoms with Gasteiger partial charge in [-0.05, 0) is 36.5 Å². The molecule has 1 aromatic rings. The lowest BCUT2D eigenvalue weighted by atomic mass is 9.89. The summed E-state index contributed by atoms with van der Waals surface area (Å²) >= 11 is 0. The summed E-state index contributed by atoms with van der Waals surface area (Å²) in [4.78, 5) is 0. The van der Waals surface area contributed by atoms with Crippen LogP contribution in [0.3, 0.4) is 0 Å². The van der Waals surface area contributed by atoms with Crippen LogP contribution in [0.4, 0.5) is 22.0 Å². The van der Waals surface area contributed by atoms with E-state index >= 15 is 0 Å². The molecule has 1 aromatic carbocycles. The molecule has 0 atom stereocenters. The van der Waals surface area contributed by atoms with E-state index in [1.54, 1.807) is 6.08 Å². The second-order valence-corrected chi connectivity index (χ2v) is 4.67. The van der Waals surface area contributed by atoms with E-state index in [9.17, 15) is 22.0 Å². The van der Waals surface area contributed by atoms with Gasteiger partial charge < -0.3 is 4.74 Å². The molecular weight excluding hydrogens is 279 g/mol. The Hall–Kier alpha value is -1.59. The zero-order valence-corrected chi connectivity index (χ0v) is 10.8. The van der Waals surface area contributed by atoms with Crippen molar-refractivity contribution >= 4 is 6.08 Å². The maximum absolute atomic E-state index is 14.0. The van der Waals surface area contributed by atoms with Crippen LogP contribution in [-0.2, 0) is 6.42 Å². The summed E-state index contributed by atoms with van der Waals surface area (Å²) in [6.45, 7) is 1.98. The molecule has 0 heterocycles. The Kier molecular flexibility index (Phi) is 4.01. The van der Waals surface area contributed by atoms with Crippen molar-refractivity contribution in [3.63, 3.8) is 0 Å². The van der Waals surface area contributed by atoms with Crippen LogP contribution in [0, 0.1) is 11.6 Å². The van der Waals surface area contributed by atoms with Crippen molar-refractivity contribution in [2.75, 3.05) is 0 Å². The Labute approximate surface area is 113 Å². The van der Waals surface area contributed by atoms with Crippen molar-refractivity contribution in [3.8, 4) is 5.75 Å². The van der Waals surface area contributed by atoms with E-state index in [1.807, 2.05) is 6.92 Å². The molecule has 2 rings (SSSR count). The summed E-state index contributed by atoms with van der Waals surface area (Å²) in [5.74, 6) is -3.97. The Morgan fingerprint density at radius 3 is 2.50 bits per heavy atom. The molecule has 0 radical (unpaired) electrons. The highest BCUT2D eigenvalue weighted by Gasteiger charge is 2.35.